The van der Waals surface area contributed by atoms with Gasteiger partial charge < -0.3 is 25.6 Å². The number of carbonyl (C=O) groups excluding carboxylic acids is 1. The van der Waals surface area contributed by atoms with Gasteiger partial charge in [0.25, 0.3) is 0 Å². The molecule has 38 heavy (non-hydrogen) atoms. The second-order valence-electron chi connectivity index (χ2n) is 8.96. The minimum atomic E-state index is -1.04. The second-order valence-corrected chi connectivity index (χ2v) is 10.2. The topological polar surface area (TPSA) is 163 Å². The molecule has 0 radical (unpaired) electrons. The van der Waals surface area contributed by atoms with Gasteiger partial charge >= 0.3 is 6.09 Å². The van der Waals surface area contributed by atoms with Crippen LogP contribution in [0.4, 0.5) is 10.5 Å². The Morgan fingerprint density at radius 2 is 2.08 bits per heavy atom. The predicted octanol–water partition coefficient (Wildman–Crippen LogP) is 4.00. The minimum Gasteiger partial charge on any atom is -0.477 e. The van der Waals surface area contributed by atoms with Crippen LogP contribution in [0.1, 0.15) is 32.9 Å². The van der Waals surface area contributed by atoms with Gasteiger partial charge in [-0.2, -0.15) is 10.1 Å². The largest absolute Gasteiger partial charge is 0.477 e. The summed E-state index contributed by atoms with van der Waals surface area (Å²) in [5, 5.41) is 20.9. The van der Waals surface area contributed by atoms with Crippen LogP contribution in [0.15, 0.2) is 36.1 Å². The van der Waals surface area contributed by atoms with Crippen LogP contribution in [-0.2, 0) is 12.6 Å². The maximum absolute atomic E-state index is 11.1. The third-order valence-corrected chi connectivity index (χ3v) is 6.47. The Hall–Kier alpha value is -3.81. The van der Waals surface area contributed by atoms with Crippen molar-refractivity contribution in [1.82, 2.24) is 29.7 Å². The molecule has 0 aromatic carbocycles. The molecule has 4 aromatic heterocycles. The van der Waals surface area contributed by atoms with E-state index in [-0.39, 0.29) is 17.7 Å². The van der Waals surface area contributed by atoms with Gasteiger partial charge in [-0.05, 0) is 26.8 Å². The number of primary amides is 1. The number of amides is 1. The fraction of sp³-hybridized carbons (Fsp3) is 0.333. The highest BCUT2D eigenvalue weighted by Gasteiger charge is 2.22. The lowest BCUT2D eigenvalue weighted by Crippen LogP contribution is -2.19. The molecule has 0 aliphatic heterocycles. The lowest BCUT2D eigenvalue weighted by molar-refractivity contribution is 0.0746. The molecule has 4 aromatic rings. The second kappa shape index (κ2) is 11.3. The van der Waals surface area contributed by atoms with Crippen molar-refractivity contribution in [2.45, 2.75) is 38.8 Å². The number of pyridine rings is 1. The summed E-state index contributed by atoms with van der Waals surface area (Å²) in [4.78, 5) is 28.3. The molecule has 0 spiro atoms. The van der Waals surface area contributed by atoms with Crippen LogP contribution >= 0.6 is 22.9 Å². The van der Waals surface area contributed by atoms with E-state index >= 15 is 0 Å². The van der Waals surface area contributed by atoms with E-state index in [1.54, 1.807) is 44.0 Å². The number of halogens is 1. The number of nitrogens with two attached hydrogens (primary N) is 1. The third-order valence-electron chi connectivity index (χ3n) is 5.38. The van der Waals surface area contributed by atoms with E-state index in [0.29, 0.717) is 35.3 Å². The molecule has 4 heterocycles. The summed E-state index contributed by atoms with van der Waals surface area (Å²) in [5.74, 6) is 0.766. The smallest absolute Gasteiger partial charge is 0.411 e. The fourth-order valence-corrected chi connectivity index (χ4v) is 4.61. The highest BCUT2D eigenvalue weighted by Crippen LogP contribution is 2.34. The van der Waals surface area contributed by atoms with Crippen LogP contribution in [0.2, 0.25) is 5.15 Å². The number of ether oxygens (including phenoxy) is 2. The van der Waals surface area contributed by atoms with Gasteiger partial charge in [0.1, 0.15) is 21.3 Å². The number of thiazole rings is 1. The van der Waals surface area contributed by atoms with E-state index in [0.717, 1.165) is 16.3 Å². The zero-order valence-corrected chi connectivity index (χ0v) is 22.7. The number of aromatic nitrogens is 6. The Morgan fingerprint density at radius 3 is 2.79 bits per heavy atom. The predicted molar refractivity (Wildman–Crippen MR) is 143 cm³/mol. The first-order valence-electron chi connectivity index (χ1n) is 11.6. The first-order valence-corrected chi connectivity index (χ1v) is 12.8. The third kappa shape index (κ3) is 6.54. The number of rotatable bonds is 10. The monoisotopic (exact) mass is 558 g/mol. The van der Waals surface area contributed by atoms with E-state index in [2.05, 4.69) is 30.4 Å². The van der Waals surface area contributed by atoms with E-state index in [9.17, 15) is 9.90 Å². The summed E-state index contributed by atoms with van der Waals surface area (Å²) in [7, 11) is 1.74. The Labute approximate surface area is 227 Å². The number of carbonyl (C=O) groups is 1. The normalized spacial score (nSPS) is 12.3. The standard InChI is InChI=1S/C24H27ClN8O4S/c1-13(30-16-9-18(25)28-10-14(16)21-31-17(12-38-21)24(2,3)35)6-8-36-22-15(11-29-33(22)4)20-27-7-5-19(32-20)37-23(26)34/h5,7,9-13,35H,6,8H2,1-4H3,(H2,26,34)(H,28,30). The molecule has 0 saturated heterocycles. The molecule has 14 heteroatoms. The molecule has 200 valence electrons. The summed E-state index contributed by atoms with van der Waals surface area (Å²) >= 11 is 7.60. The average molecular weight is 559 g/mol. The molecule has 0 aliphatic rings. The van der Waals surface area contributed by atoms with E-state index in [1.807, 2.05) is 12.3 Å². The molecule has 4 rings (SSSR count). The lowest BCUT2D eigenvalue weighted by Gasteiger charge is -2.18. The zero-order valence-electron chi connectivity index (χ0n) is 21.2. The summed E-state index contributed by atoms with van der Waals surface area (Å²) in [6, 6.07) is 3.16. The molecular formula is C24H27ClN8O4S. The van der Waals surface area contributed by atoms with Gasteiger partial charge in [0.05, 0.1) is 24.1 Å². The van der Waals surface area contributed by atoms with Crippen molar-refractivity contribution < 1.29 is 19.4 Å². The van der Waals surface area contributed by atoms with E-state index in [1.165, 1.54) is 23.6 Å². The molecule has 4 N–H and O–H groups in total. The van der Waals surface area contributed by atoms with Crippen LogP contribution < -0.4 is 20.5 Å². The summed E-state index contributed by atoms with van der Waals surface area (Å²) in [5.41, 5.74) is 6.71. The van der Waals surface area contributed by atoms with Crippen LogP contribution in [0.5, 0.6) is 11.8 Å². The fourth-order valence-electron chi connectivity index (χ4n) is 3.45. The van der Waals surface area contributed by atoms with Crippen molar-refractivity contribution in [3.63, 3.8) is 0 Å². The maximum Gasteiger partial charge on any atom is 0.411 e. The maximum atomic E-state index is 11.1. The molecule has 0 fully saturated rings. The number of anilines is 1. The number of aryl methyl sites for hydroxylation is 1. The van der Waals surface area contributed by atoms with Gasteiger partial charge in [-0.15, -0.1) is 11.3 Å². The number of hydrogen-bond acceptors (Lipinski definition) is 11. The van der Waals surface area contributed by atoms with Crippen LogP contribution in [0, 0.1) is 0 Å². The number of hydrogen-bond donors (Lipinski definition) is 3. The average Bonchev–Trinajstić information content (AvgIpc) is 3.47. The number of aliphatic hydroxyl groups is 1. The Bertz CT molecular complexity index is 1440. The van der Waals surface area contributed by atoms with Crippen molar-refractivity contribution in [2.24, 2.45) is 12.8 Å². The minimum absolute atomic E-state index is 0.0128. The van der Waals surface area contributed by atoms with Gasteiger partial charge in [-0.3, -0.25) is 0 Å². The number of nitrogens with one attached hydrogen (secondary N) is 1. The van der Waals surface area contributed by atoms with Gasteiger partial charge in [0.15, 0.2) is 5.82 Å². The SMILES string of the molecule is CC(CCOc1c(-c2nccc(OC(N)=O)n2)cnn1C)Nc1cc(Cl)ncc1-c1nc(C(C)(C)O)cs1. The van der Waals surface area contributed by atoms with Crippen molar-refractivity contribution in [2.75, 3.05) is 11.9 Å². The van der Waals surface area contributed by atoms with Crippen LogP contribution in [0.3, 0.4) is 0 Å². The van der Waals surface area contributed by atoms with Gasteiger partial charge in [0, 0.05) is 49.0 Å². The first kappa shape index (κ1) is 27.2. The molecule has 0 saturated carbocycles. The van der Waals surface area contributed by atoms with Crippen molar-refractivity contribution in [3.05, 3.63) is 47.0 Å². The highest BCUT2D eigenvalue weighted by molar-refractivity contribution is 7.13. The molecule has 0 aliphatic carbocycles. The quantitative estimate of drug-likeness (QED) is 0.242. The molecule has 1 unspecified atom stereocenters. The zero-order chi connectivity index (χ0) is 27.4. The lowest BCUT2D eigenvalue weighted by atomic mass is 10.1. The molecule has 1 atom stereocenters. The highest BCUT2D eigenvalue weighted by atomic mass is 35.5. The van der Waals surface area contributed by atoms with E-state index < -0.39 is 11.7 Å². The van der Waals surface area contributed by atoms with Crippen molar-refractivity contribution in [3.8, 4) is 33.7 Å². The van der Waals surface area contributed by atoms with E-state index in [4.69, 9.17) is 26.8 Å². The van der Waals surface area contributed by atoms with Gasteiger partial charge in [0.2, 0.25) is 11.8 Å². The van der Waals surface area contributed by atoms with Crippen LogP contribution in [-0.4, -0.2) is 53.6 Å². The summed E-state index contributed by atoms with van der Waals surface area (Å²) in [6.07, 6.45) is 4.35. The first-order chi connectivity index (χ1) is 18.0. The summed E-state index contributed by atoms with van der Waals surface area (Å²) < 4.78 is 12.5. The van der Waals surface area contributed by atoms with Gasteiger partial charge in [-0.1, -0.05) is 11.6 Å². The Kier molecular flexibility index (Phi) is 8.09. The van der Waals surface area contributed by atoms with Gasteiger partial charge in [-0.25, -0.2) is 24.4 Å². The Morgan fingerprint density at radius 1 is 1.29 bits per heavy atom. The summed E-state index contributed by atoms with van der Waals surface area (Å²) in [6.45, 7) is 5.76. The molecule has 1 amide bonds. The van der Waals surface area contributed by atoms with Crippen LogP contribution in [0.25, 0.3) is 22.0 Å². The molecular weight excluding hydrogens is 532 g/mol. The molecule has 0 bridgehead atoms. The number of nitrogens with zero attached hydrogens (tertiary/aromatic N) is 6. The van der Waals surface area contributed by atoms with Crippen molar-refractivity contribution in [1.29, 1.82) is 0 Å². The van der Waals surface area contributed by atoms with Crippen molar-refractivity contribution >= 4 is 34.7 Å². The Balaban J connectivity index is 1.44. The molecule has 12 nitrogen and oxygen atoms in total.